The molecule has 1 fully saturated rings. The molecule has 0 aliphatic carbocycles. The van der Waals surface area contributed by atoms with Gasteiger partial charge in [-0.1, -0.05) is 28.9 Å². The number of anilines is 1. The molecule has 0 atom stereocenters. The van der Waals surface area contributed by atoms with E-state index in [-0.39, 0.29) is 0 Å². The van der Waals surface area contributed by atoms with E-state index in [2.05, 4.69) is 57.9 Å². The summed E-state index contributed by atoms with van der Waals surface area (Å²) in [6, 6.07) is 7.01. The molecule has 2 rings (SSSR count). The molecule has 1 heterocycles. The van der Waals surface area contributed by atoms with Crippen molar-refractivity contribution in [2.45, 2.75) is 32.4 Å². The third-order valence-corrected chi connectivity index (χ3v) is 4.69. The van der Waals surface area contributed by atoms with Gasteiger partial charge in [0, 0.05) is 42.9 Å². The molecule has 19 heavy (non-hydrogen) atoms. The van der Waals surface area contributed by atoms with E-state index in [0.717, 1.165) is 4.47 Å². The van der Waals surface area contributed by atoms with Crippen molar-refractivity contribution >= 4 is 21.6 Å². The van der Waals surface area contributed by atoms with Crippen molar-refractivity contribution in [2.75, 3.05) is 31.6 Å². The minimum absolute atomic E-state index is 0.598. The van der Waals surface area contributed by atoms with Crippen LogP contribution in [0.3, 0.4) is 0 Å². The summed E-state index contributed by atoms with van der Waals surface area (Å²) in [5.74, 6) is 0. The lowest BCUT2D eigenvalue weighted by molar-refractivity contribution is 0.221. The van der Waals surface area contributed by atoms with E-state index in [9.17, 15) is 0 Å². The highest BCUT2D eigenvalue weighted by atomic mass is 79.9. The molecule has 0 bridgehead atoms. The number of hydrogen-bond donors (Lipinski definition) is 1. The van der Waals surface area contributed by atoms with Gasteiger partial charge in [-0.05, 0) is 37.1 Å². The summed E-state index contributed by atoms with van der Waals surface area (Å²) in [7, 11) is 2.20. The van der Waals surface area contributed by atoms with Crippen LogP contribution in [0.4, 0.5) is 5.69 Å². The van der Waals surface area contributed by atoms with Gasteiger partial charge >= 0.3 is 0 Å². The topological polar surface area (TPSA) is 32.5 Å². The van der Waals surface area contributed by atoms with Crippen LogP contribution < -0.4 is 10.6 Å². The van der Waals surface area contributed by atoms with E-state index in [1.165, 1.54) is 43.7 Å². The van der Waals surface area contributed by atoms with Crippen molar-refractivity contribution < 1.29 is 0 Å². The molecule has 0 radical (unpaired) electrons. The number of rotatable bonds is 4. The first-order valence-corrected chi connectivity index (χ1v) is 7.88. The van der Waals surface area contributed by atoms with Crippen LogP contribution >= 0.6 is 15.9 Å². The maximum Gasteiger partial charge on any atom is 0.0423 e. The van der Waals surface area contributed by atoms with Gasteiger partial charge in [-0.15, -0.1) is 0 Å². The lowest BCUT2D eigenvalue weighted by atomic mass is 10.0. The number of piperidine rings is 1. The predicted molar refractivity (Wildman–Crippen MR) is 85.6 cm³/mol. The number of nitrogens with zero attached hydrogens (tertiary/aromatic N) is 2. The smallest absolute Gasteiger partial charge is 0.0423 e. The second kappa shape index (κ2) is 6.73. The second-order valence-electron chi connectivity index (χ2n) is 5.25. The Bertz CT molecular complexity index is 414. The fraction of sp³-hybridized carbons (Fsp3) is 0.600. The first-order valence-electron chi connectivity index (χ1n) is 7.09. The predicted octanol–water partition coefficient (Wildman–Crippen LogP) is 2.83. The van der Waals surface area contributed by atoms with Gasteiger partial charge in [-0.3, -0.25) is 0 Å². The minimum atomic E-state index is 0.598. The second-order valence-corrected chi connectivity index (χ2v) is 6.17. The van der Waals surface area contributed by atoms with Crippen LogP contribution in [0.1, 0.15) is 25.3 Å². The number of benzene rings is 1. The Balaban J connectivity index is 2.11. The van der Waals surface area contributed by atoms with Crippen LogP contribution in [-0.4, -0.2) is 37.6 Å². The first kappa shape index (κ1) is 14.8. The molecule has 1 aliphatic rings. The van der Waals surface area contributed by atoms with E-state index in [0.29, 0.717) is 12.6 Å². The van der Waals surface area contributed by atoms with Crippen LogP contribution in [0.25, 0.3) is 0 Å². The lowest BCUT2D eigenvalue weighted by Crippen LogP contribution is -2.43. The number of likely N-dealkylation sites (tertiary alicyclic amines) is 1. The molecule has 2 N–H and O–H groups in total. The molecule has 0 amide bonds. The zero-order valence-corrected chi connectivity index (χ0v) is 13.5. The van der Waals surface area contributed by atoms with Crippen molar-refractivity contribution in [1.82, 2.24) is 4.90 Å². The van der Waals surface area contributed by atoms with E-state index in [4.69, 9.17) is 5.73 Å². The third-order valence-electron chi connectivity index (χ3n) is 4.20. The van der Waals surface area contributed by atoms with Crippen LogP contribution in [0.5, 0.6) is 0 Å². The Kier molecular flexibility index (Phi) is 5.25. The molecular weight excluding hydrogens is 302 g/mol. The zero-order valence-electron chi connectivity index (χ0n) is 11.9. The summed E-state index contributed by atoms with van der Waals surface area (Å²) in [5.41, 5.74) is 8.36. The van der Waals surface area contributed by atoms with Gasteiger partial charge in [0.25, 0.3) is 0 Å². The van der Waals surface area contributed by atoms with Gasteiger partial charge in [0.1, 0.15) is 0 Å². The SMILES string of the molecule is CCN1CCC(N(C)c2cc(Br)ccc2CN)CC1. The molecule has 0 saturated carbocycles. The molecule has 1 aromatic carbocycles. The minimum Gasteiger partial charge on any atom is -0.371 e. The average Bonchev–Trinajstić information content (AvgIpc) is 2.46. The van der Waals surface area contributed by atoms with Crippen LogP contribution in [0.15, 0.2) is 22.7 Å². The third kappa shape index (κ3) is 3.50. The van der Waals surface area contributed by atoms with Gasteiger partial charge < -0.3 is 15.5 Å². The Labute approximate surface area is 124 Å². The summed E-state index contributed by atoms with van der Waals surface area (Å²) in [5, 5.41) is 0. The molecular formula is C15H24BrN3. The largest absolute Gasteiger partial charge is 0.371 e. The van der Waals surface area contributed by atoms with E-state index < -0.39 is 0 Å². The molecule has 1 aromatic rings. The Morgan fingerprint density at radius 2 is 2.05 bits per heavy atom. The standard InChI is InChI=1S/C15H24BrN3/c1-3-19-8-6-14(7-9-19)18(2)15-10-13(16)5-4-12(15)11-17/h4-5,10,14H,3,6-9,11,17H2,1-2H3. The summed E-state index contributed by atoms with van der Waals surface area (Å²) < 4.78 is 1.12. The van der Waals surface area contributed by atoms with Crippen molar-refractivity contribution in [2.24, 2.45) is 5.73 Å². The molecule has 4 heteroatoms. The van der Waals surface area contributed by atoms with Crippen LogP contribution in [0, 0.1) is 0 Å². The maximum absolute atomic E-state index is 5.86. The van der Waals surface area contributed by atoms with E-state index in [1.54, 1.807) is 0 Å². The Morgan fingerprint density at radius 1 is 1.37 bits per heavy atom. The van der Waals surface area contributed by atoms with Gasteiger partial charge in [0.2, 0.25) is 0 Å². The first-order chi connectivity index (χ1) is 9.15. The van der Waals surface area contributed by atoms with Crippen molar-refractivity contribution in [3.8, 4) is 0 Å². The number of halogens is 1. The van der Waals surface area contributed by atoms with Crippen molar-refractivity contribution in [3.63, 3.8) is 0 Å². The summed E-state index contributed by atoms with van der Waals surface area (Å²) >= 11 is 3.56. The molecule has 1 aliphatic heterocycles. The van der Waals surface area contributed by atoms with Crippen molar-refractivity contribution in [1.29, 1.82) is 0 Å². The lowest BCUT2D eigenvalue weighted by Gasteiger charge is -2.38. The molecule has 106 valence electrons. The van der Waals surface area contributed by atoms with Crippen molar-refractivity contribution in [3.05, 3.63) is 28.2 Å². The zero-order chi connectivity index (χ0) is 13.8. The van der Waals surface area contributed by atoms with Crippen LogP contribution in [0.2, 0.25) is 0 Å². The highest BCUT2D eigenvalue weighted by molar-refractivity contribution is 9.10. The fourth-order valence-corrected chi connectivity index (χ4v) is 3.21. The maximum atomic E-state index is 5.86. The van der Waals surface area contributed by atoms with Gasteiger partial charge in [-0.25, -0.2) is 0 Å². The van der Waals surface area contributed by atoms with Gasteiger partial charge in [0.05, 0.1) is 0 Å². The van der Waals surface area contributed by atoms with E-state index >= 15 is 0 Å². The van der Waals surface area contributed by atoms with Gasteiger partial charge in [0.15, 0.2) is 0 Å². The molecule has 0 unspecified atom stereocenters. The average molecular weight is 326 g/mol. The highest BCUT2D eigenvalue weighted by Crippen LogP contribution is 2.28. The number of hydrogen-bond acceptors (Lipinski definition) is 3. The molecule has 3 nitrogen and oxygen atoms in total. The summed E-state index contributed by atoms with van der Waals surface area (Å²) in [4.78, 5) is 4.94. The quantitative estimate of drug-likeness (QED) is 0.923. The van der Waals surface area contributed by atoms with Gasteiger partial charge in [-0.2, -0.15) is 0 Å². The Morgan fingerprint density at radius 3 is 2.63 bits per heavy atom. The Hall–Kier alpha value is -0.580. The summed E-state index contributed by atoms with van der Waals surface area (Å²) in [6.07, 6.45) is 2.47. The molecule has 0 aromatic heterocycles. The molecule has 0 spiro atoms. The monoisotopic (exact) mass is 325 g/mol. The molecule has 1 saturated heterocycles. The fourth-order valence-electron chi connectivity index (χ4n) is 2.86. The van der Waals surface area contributed by atoms with E-state index in [1.807, 2.05) is 0 Å². The normalized spacial score (nSPS) is 17.7. The summed E-state index contributed by atoms with van der Waals surface area (Å²) in [6.45, 7) is 6.42. The highest BCUT2D eigenvalue weighted by Gasteiger charge is 2.23. The number of nitrogens with two attached hydrogens (primary N) is 1. The van der Waals surface area contributed by atoms with Crippen LogP contribution in [-0.2, 0) is 6.54 Å².